The highest BCUT2D eigenvalue weighted by molar-refractivity contribution is 6.02. The van der Waals surface area contributed by atoms with Gasteiger partial charge in [0.25, 0.3) is 6.43 Å². The maximum atomic E-state index is 12.2. The molecule has 0 aromatic heterocycles. The quantitative estimate of drug-likeness (QED) is 0.381. The molecule has 6 heteroatoms. The van der Waals surface area contributed by atoms with Crippen LogP contribution in [-0.4, -0.2) is 42.8 Å². The van der Waals surface area contributed by atoms with Crippen LogP contribution >= 0.6 is 0 Å². The van der Waals surface area contributed by atoms with E-state index < -0.39 is 24.0 Å². The molecule has 0 rings (SSSR count). The average molecular weight is 195 g/mol. The van der Waals surface area contributed by atoms with Crippen LogP contribution in [0.3, 0.4) is 0 Å². The first-order chi connectivity index (χ1) is 6.04. The number of aliphatic hydroxyl groups excluding tert-OH is 1. The van der Waals surface area contributed by atoms with Crippen molar-refractivity contribution in [2.45, 2.75) is 12.7 Å². The molecule has 0 aromatic carbocycles. The Labute approximate surface area is 74.2 Å². The Morgan fingerprint density at radius 3 is 2.23 bits per heavy atom. The van der Waals surface area contributed by atoms with Gasteiger partial charge in [-0.1, -0.05) is 0 Å². The van der Waals surface area contributed by atoms with E-state index in [0.717, 1.165) is 13.3 Å². The highest BCUT2D eigenvalue weighted by Crippen LogP contribution is 2.10. The number of halogens is 2. The second-order valence-electron chi connectivity index (χ2n) is 2.09. The molecular weight excluding hydrogens is 184 g/mol. The van der Waals surface area contributed by atoms with Gasteiger partial charge in [-0.15, -0.1) is 0 Å². The lowest BCUT2D eigenvalue weighted by atomic mass is 10.1. The highest BCUT2D eigenvalue weighted by atomic mass is 19.3. The standard InChI is InChI=1S/C7H11F2NO3/c1-10-5(6(8)9)4(3-13-2)7(11)12/h3,6-7,11-12H,1-2H3/b4-3-,10-5?. The van der Waals surface area contributed by atoms with E-state index in [-0.39, 0.29) is 0 Å². The normalized spacial score (nSPS) is 14.2. The third-order valence-electron chi connectivity index (χ3n) is 1.27. The lowest BCUT2D eigenvalue weighted by Gasteiger charge is -2.10. The number of ether oxygens (including phenoxy) is 1. The van der Waals surface area contributed by atoms with Gasteiger partial charge >= 0.3 is 0 Å². The molecule has 0 atom stereocenters. The van der Waals surface area contributed by atoms with E-state index in [1.165, 1.54) is 7.11 Å². The SMILES string of the molecule is CN=C(/C(=C/OC)C(O)O)C(F)F. The fourth-order valence-electron chi connectivity index (χ4n) is 0.733. The Kier molecular flexibility index (Phi) is 5.17. The monoisotopic (exact) mass is 195 g/mol. The van der Waals surface area contributed by atoms with Crippen LogP contribution in [0.4, 0.5) is 8.78 Å². The predicted octanol–water partition coefficient (Wildman–Crippen LogP) is 0.163. The number of alkyl halides is 2. The van der Waals surface area contributed by atoms with Crippen molar-refractivity contribution in [2.24, 2.45) is 4.99 Å². The van der Waals surface area contributed by atoms with E-state index in [4.69, 9.17) is 10.2 Å². The van der Waals surface area contributed by atoms with E-state index >= 15 is 0 Å². The zero-order valence-corrected chi connectivity index (χ0v) is 7.24. The van der Waals surface area contributed by atoms with Gasteiger partial charge in [-0.25, -0.2) is 8.78 Å². The van der Waals surface area contributed by atoms with Crippen molar-refractivity contribution in [3.05, 3.63) is 11.8 Å². The lowest BCUT2D eigenvalue weighted by molar-refractivity contribution is -0.00615. The molecule has 0 aliphatic carbocycles. The van der Waals surface area contributed by atoms with Crippen molar-refractivity contribution < 1.29 is 23.7 Å². The van der Waals surface area contributed by atoms with Crippen LogP contribution in [-0.2, 0) is 4.74 Å². The number of rotatable bonds is 4. The Balaban J connectivity index is 4.83. The molecule has 0 saturated heterocycles. The largest absolute Gasteiger partial charge is 0.504 e. The third kappa shape index (κ3) is 3.47. The molecule has 76 valence electrons. The van der Waals surface area contributed by atoms with E-state index in [2.05, 4.69) is 9.73 Å². The van der Waals surface area contributed by atoms with Gasteiger partial charge in [0.1, 0.15) is 5.71 Å². The average Bonchev–Trinajstić information content (AvgIpc) is 2.03. The molecule has 0 unspecified atom stereocenters. The molecule has 0 saturated carbocycles. The van der Waals surface area contributed by atoms with E-state index in [9.17, 15) is 8.78 Å². The number of aliphatic hydroxyl groups is 2. The summed E-state index contributed by atoms with van der Waals surface area (Å²) >= 11 is 0. The van der Waals surface area contributed by atoms with Crippen LogP contribution in [0.25, 0.3) is 0 Å². The van der Waals surface area contributed by atoms with Crippen LogP contribution < -0.4 is 0 Å². The summed E-state index contributed by atoms with van der Waals surface area (Å²) in [6.07, 6.45) is -4.07. The minimum Gasteiger partial charge on any atom is -0.504 e. The van der Waals surface area contributed by atoms with Crippen LogP contribution in [0.1, 0.15) is 0 Å². The molecule has 0 amide bonds. The molecule has 13 heavy (non-hydrogen) atoms. The van der Waals surface area contributed by atoms with Crippen molar-refractivity contribution in [1.82, 2.24) is 0 Å². The van der Waals surface area contributed by atoms with Crippen LogP contribution in [0.15, 0.2) is 16.8 Å². The first-order valence-electron chi connectivity index (χ1n) is 3.38. The Morgan fingerprint density at radius 2 is 2.00 bits per heavy atom. The minimum atomic E-state index is -2.87. The summed E-state index contributed by atoms with van der Waals surface area (Å²) in [6, 6.07) is 0. The summed E-state index contributed by atoms with van der Waals surface area (Å²) in [5, 5.41) is 17.4. The number of hydrogen-bond acceptors (Lipinski definition) is 4. The molecular formula is C7H11F2NO3. The minimum absolute atomic E-state index is 0.444. The molecule has 0 bridgehead atoms. The van der Waals surface area contributed by atoms with E-state index in [0.29, 0.717) is 0 Å². The molecule has 0 radical (unpaired) electrons. The molecule has 0 aliphatic heterocycles. The van der Waals surface area contributed by atoms with Gasteiger partial charge in [0.05, 0.1) is 18.9 Å². The van der Waals surface area contributed by atoms with Crippen LogP contribution in [0.5, 0.6) is 0 Å². The van der Waals surface area contributed by atoms with Crippen molar-refractivity contribution in [1.29, 1.82) is 0 Å². The highest BCUT2D eigenvalue weighted by Gasteiger charge is 2.22. The number of hydrogen-bond donors (Lipinski definition) is 2. The third-order valence-corrected chi connectivity index (χ3v) is 1.27. The molecule has 0 fully saturated rings. The molecule has 0 heterocycles. The Morgan fingerprint density at radius 1 is 1.46 bits per heavy atom. The lowest BCUT2D eigenvalue weighted by Crippen LogP contribution is -2.23. The molecule has 0 aromatic rings. The van der Waals surface area contributed by atoms with Crippen LogP contribution in [0.2, 0.25) is 0 Å². The maximum absolute atomic E-state index is 12.2. The smallest absolute Gasteiger partial charge is 0.280 e. The Hall–Kier alpha value is -1.01. The van der Waals surface area contributed by atoms with Crippen molar-refractivity contribution in [3.8, 4) is 0 Å². The summed E-state index contributed by atoms with van der Waals surface area (Å²) in [5.41, 5.74) is -1.14. The second-order valence-corrected chi connectivity index (χ2v) is 2.09. The van der Waals surface area contributed by atoms with Crippen molar-refractivity contribution in [2.75, 3.05) is 14.2 Å². The zero-order valence-electron chi connectivity index (χ0n) is 7.24. The fourth-order valence-corrected chi connectivity index (χ4v) is 0.733. The topological polar surface area (TPSA) is 62.0 Å². The fraction of sp³-hybridized carbons (Fsp3) is 0.571. The van der Waals surface area contributed by atoms with E-state index in [1.807, 2.05) is 0 Å². The van der Waals surface area contributed by atoms with Gasteiger partial charge in [0, 0.05) is 7.05 Å². The predicted molar refractivity (Wildman–Crippen MR) is 42.7 cm³/mol. The first kappa shape index (κ1) is 12.0. The summed E-state index contributed by atoms with van der Waals surface area (Å²) < 4.78 is 28.8. The summed E-state index contributed by atoms with van der Waals surface area (Å²) in [5.74, 6) is 0. The molecule has 0 spiro atoms. The van der Waals surface area contributed by atoms with Crippen LogP contribution in [0, 0.1) is 0 Å². The number of methoxy groups -OCH3 is 1. The summed E-state index contributed by atoms with van der Waals surface area (Å²) in [7, 11) is 2.34. The van der Waals surface area contributed by atoms with Crippen molar-refractivity contribution >= 4 is 5.71 Å². The second kappa shape index (κ2) is 5.60. The van der Waals surface area contributed by atoms with Gasteiger partial charge < -0.3 is 14.9 Å². The number of aliphatic imine (C=N–C) groups is 1. The van der Waals surface area contributed by atoms with Gasteiger partial charge in [0.2, 0.25) is 0 Å². The van der Waals surface area contributed by atoms with Gasteiger partial charge in [-0.05, 0) is 0 Å². The van der Waals surface area contributed by atoms with E-state index in [1.54, 1.807) is 0 Å². The van der Waals surface area contributed by atoms with Gasteiger partial charge in [-0.3, -0.25) is 4.99 Å². The molecule has 2 N–H and O–H groups in total. The van der Waals surface area contributed by atoms with Crippen molar-refractivity contribution in [3.63, 3.8) is 0 Å². The summed E-state index contributed by atoms with van der Waals surface area (Å²) in [6.45, 7) is 0. The Bertz CT molecular complexity index is 214. The zero-order chi connectivity index (χ0) is 10.4. The maximum Gasteiger partial charge on any atom is 0.280 e. The first-order valence-corrected chi connectivity index (χ1v) is 3.38. The number of nitrogens with zero attached hydrogens (tertiary/aromatic N) is 1. The molecule has 4 nitrogen and oxygen atoms in total. The van der Waals surface area contributed by atoms with Gasteiger partial charge in [-0.2, -0.15) is 0 Å². The summed E-state index contributed by atoms with van der Waals surface area (Å²) in [4.78, 5) is 3.23. The van der Waals surface area contributed by atoms with Gasteiger partial charge in [0.15, 0.2) is 6.29 Å². The molecule has 0 aliphatic rings.